The van der Waals surface area contributed by atoms with Crippen LogP contribution in [0.15, 0.2) is 35.7 Å². The quantitative estimate of drug-likeness (QED) is 0.819. The highest BCUT2D eigenvalue weighted by atomic mass is 32.1. The molecule has 1 aromatic heterocycles. The minimum atomic E-state index is -0.570. The molecule has 1 N–H and O–H groups in total. The second-order valence-electron chi connectivity index (χ2n) is 7.43. The zero-order valence-corrected chi connectivity index (χ0v) is 16.4. The zero-order chi connectivity index (χ0) is 18.9. The summed E-state index contributed by atoms with van der Waals surface area (Å²) in [6.07, 6.45) is 0.357. The van der Waals surface area contributed by atoms with E-state index in [4.69, 9.17) is 4.74 Å². The molecule has 0 saturated carbocycles. The fourth-order valence-corrected chi connectivity index (χ4v) is 4.07. The molecule has 0 spiro atoms. The lowest BCUT2D eigenvalue weighted by Gasteiger charge is -2.33. The fraction of sp³-hybridized carbons (Fsp3) is 0.400. The monoisotopic (exact) mass is 372 g/mol. The van der Waals surface area contributed by atoms with Gasteiger partial charge in [0.05, 0.1) is 6.04 Å². The number of hydrogen-bond acceptors (Lipinski definition) is 4. The van der Waals surface area contributed by atoms with E-state index in [2.05, 4.69) is 23.7 Å². The Morgan fingerprint density at radius 1 is 1.27 bits per heavy atom. The molecule has 1 aliphatic rings. The summed E-state index contributed by atoms with van der Waals surface area (Å²) >= 11 is 1.75. The van der Waals surface area contributed by atoms with Crippen LogP contribution in [0.5, 0.6) is 0 Å². The predicted octanol–water partition coefficient (Wildman–Crippen LogP) is 4.85. The highest BCUT2D eigenvalue weighted by molar-refractivity contribution is 7.10. The minimum absolute atomic E-state index is 0.0258. The molecule has 1 aliphatic heterocycles. The minimum Gasteiger partial charge on any atom is -0.444 e. The Balaban J connectivity index is 1.74. The van der Waals surface area contributed by atoms with Crippen molar-refractivity contribution in [1.82, 2.24) is 4.90 Å². The van der Waals surface area contributed by atoms with Crippen molar-refractivity contribution in [3.05, 3.63) is 51.7 Å². The molecule has 1 atom stereocenters. The fourth-order valence-electron chi connectivity index (χ4n) is 3.10. The third-order valence-electron chi connectivity index (χ3n) is 4.29. The molecule has 1 unspecified atom stereocenters. The Morgan fingerprint density at radius 3 is 2.77 bits per heavy atom. The van der Waals surface area contributed by atoms with Crippen LogP contribution in [0, 0.1) is 0 Å². The lowest BCUT2D eigenvalue weighted by Crippen LogP contribution is -2.38. The molecule has 3 rings (SSSR count). The van der Waals surface area contributed by atoms with Crippen LogP contribution in [0.2, 0.25) is 0 Å². The van der Waals surface area contributed by atoms with Crippen molar-refractivity contribution in [1.29, 1.82) is 0 Å². The molecule has 5 nitrogen and oxygen atoms in total. The van der Waals surface area contributed by atoms with E-state index in [1.165, 1.54) is 10.4 Å². The summed E-state index contributed by atoms with van der Waals surface area (Å²) in [5.74, 6) is -0.0258. The molecule has 0 radical (unpaired) electrons. The van der Waals surface area contributed by atoms with Crippen LogP contribution in [-0.4, -0.2) is 29.0 Å². The van der Waals surface area contributed by atoms with Crippen LogP contribution >= 0.6 is 11.3 Å². The van der Waals surface area contributed by atoms with Gasteiger partial charge in [0.25, 0.3) is 5.91 Å². The molecule has 6 heteroatoms. The second kappa shape index (κ2) is 7.11. The number of carbonyl (C=O) groups is 2. The SMILES string of the molecule is CC1c2ccsc2CCN1C(=O)c1cccc(NC(=O)OC(C)(C)C)c1. The normalized spacial score (nSPS) is 16.8. The van der Waals surface area contributed by atoms with Crippen molar-refractivity contribution in [3.8, 4) is 0 Å². The molecule has 2 amide bonds. The van der Waals surface area contributed by atoms with E-state index < -0.39 is 11.7 Å². The number of rotatable bonds is 2. The number of ether oxygens (including phenoxy) is 1. The van der Waals surface area contributed by atoms with Crippen LogP contribution in [0.3, 0.4) is 0 Å². The number of benzene rings is 1. The van der Waals surface area contributed by atoms with Gasteiger partial charge >= 0.3 is 6.09 Å². The molecular weight excluding hydrogens is 348 g/mol. The predicted molar refractivity (Wildman–Crippen MR) is 104 cm³/mol. The Bertz CT molecular complexity index is 822. The molecule has 2 aromatic rings. The third-order valence-corrected chi connectivity index (χ3v) is 5.29. The Hall–Kier alpha value is -2.34. The van der Waals surface area contributed by atoms with Gasteiger partial charge in [0, 0.05) is 22.7 Å². The van der Waals surface area contributed by atoms with E-state index in [0.717, 1.165) is 6.42 Å². The lowest BCUT2D eigenvalue weighted by atomic mass is 10.0. The van der Waals surface area contributed by atoms with Gasteiger partial charge in [-0.1, -0.05) is 6.07 Å². The number of carbonyl (C=O) groups excluding carboxylic acids is 2. The number of hydrogen-bond donors (Lipinski definition) is 1. The first kappa shape index (κ1) is 18.5. The molecule has 0 saturated heterocycles. The summed E-state index contributed by atoms with van der Waals surface area (Å²) in [5.41, 5.74) is 1.77. The van der Waals surface area contributed by atoms with Gasteiger partial charge in [0.2, 0.25) is 0 Å². The molecule has 26 heavy (non-hydrogen) atoms. The average Bonchev–Trinajstić information content (AvgIpc) is 3.02. The third kappa shape index (κ3) is 4.07. The first-order valence-electron chi connectivity index (χ1n) is 8.72. The smallest absolute Gasteiger partial charge is 0.412 e. The van der Waals surface area contributed by atoms with E-state index in [0.29, 0.717) is 17.8 Å². The number of thiophene rings is 1. The van der Waals surface area contributed by atoms with Crippen molar-refractivity contribution in [2.75, 3.05) is 11.9 Å². The van der Waals surface area contributed by atoms with E-state index in [-0.39, 0.29) is 11.9 Å². The molecule has 2 heterocycles. The van der Waals surface area contributed by atoms with Gasteiger partial charge in [0.15, 0.2) is 0 Å². The largest absolute Gasteiger partial charge is 0.444 e. The van der Waals surface area contributed by atoms with Crippen LogP contribution < -0.4 is 5.32 Å². The Morgan fingerprint density at radius 2 is 2.04 bits per heavy atom. The topological polar surface area (TPSA) is 58.6 Å². The van der Waals surface area contributed by atoms with Gasteiger partial charge in [0.1, 0.15) is 5.60 Å². The highest BCUT2D eigenvalue weighted by Crippen LogP contribution is 2.33. The first-order chi connectivity index (χ1) is 12.2. The highest BCUT2D eigenvalue weighted by Gasteiger charge is 2.29. The van der Waals surface area contributed by atoms with Gasteiger partial charge in [-0.15, -0.1) is 11.3 Å². The van der Waals surface area contributed by atoms with Crippen LogP contribution in [0.4, 0.5) is 10.5 Å². The molecule has 0 bridgehead atoms. The summed E-state index contributed by atoms with van der Waals surface area (Å²) < 4.78 is 5.26. The summed E-state index contributed by atoms with van der Waals surface area (Å²) in [4.78, 5) is 28.2. The van der Waals surface area contributed by atoms with Crippen LogP contribution in [0.1, 0.15) is 54.5 Å². The maximum atomic E-state index is 13.0. The molecular formula is C20H24N2O3S. The van der Waals surface area contributed by atoms with Gasteiger partial charge in [-0.2, -0.15) is 0 Å². The van der Waals surface area contributed by atoms with E-state index in [9.17, 15) is 9.59 Å². The molecule has 138 valence electrons. The summed E-state index contributed by atoms with van der Waals surface area (Å²) in [6.45, 7) is 8.19. The van der Waals surface area contributed by atoms with E-state index in [1.54, 1.807) is 35.6 Å². The van der Waals surface area contributed by atoms with E-state index >= 15 is 0 Å². The summed E-state index contributed by atoms with van der Waals surface area (Å²) in [6, 6.07) is 9.15. The van der Waals surface area contributed by atoms with Crippen molar-refractivity contribution in [3.63, 3.8) is 0 Å². The first-order valence-corrected chi connectivity index (χ1v) is 9.60. The van der Waals surface area contributed by atoms with Crippen LogP contribution in [0.25, 0.3) is 0 Å². The number of amides is 2. The van der Waals surface area contributed by atoms with Gasteiger partial charge in [-0.25, -0.2) is 4.79 Å². The van der Waals surface area contributed by atoms with Crippen molar-refractivity contribution in [2.24, 2.45) is 0 Å². The average molecular weight is 372 g/mol. The van der Waals surface area contributed by atoms with Crippen LogP contribution in [-0.2, 0) is 11.2 Å². The van der Waals surface area contributed by atoms with Gasteiger partial charge < -0.3 is 9.64 Å². The lowest BCUT2D eigenvalue weighted by molar-refractivity contribution is 0.0632. The number of anilines is 1. The maximum Gasteiger partial charge on any atom is 0.412 e. The summed E-state index contributed by atoms with van der Waals surface area (Å²) in [5, 5.41) is 4.77. The number of nitrogens with one attached hydrogen (secondary N) is 1. The maximum absolute atomic E-state index is 13.0. The molecule has 1 aromatic carbocycles. The summed E-state index contributed by atoms with van der Waals surface area (Å²) in [7, 11) is 0. The Kier molecular flexibility index (Phi) is 5.05. The standard InChI is InChI=1S/C20H24N2O3S/c1-13-16-9-11-26-17(16)8-10-22(13)18(23)14-6-5-7-15(12-14)21-19(24)25-20(2,3)4/h5-7,9,11-13H,8,10H2,1-4H3,(H,21,24). The van der Waals surface area contributed by atoms with Crippen molar-refractivity contribution in [2.45, 2.75) is 45.8 Å². The molecule has 0 fully saturated rings. The van der Waals surface area contributed by atoms with Gasteiger partial charge in [-0.3, -0.25) is 10.1 Å². The van der Waals surface area contributed by atoms with Crippen molar-refractivity contribution >= 4 is 29.0 Å². The number of fused-ring (bicyclic) bond motifs is 1. The zero-order valence-electron chi connectivity index (χ0n) is 15.5. The molecule has 0 aliphatic carbocycles. The van der Waals surface area contributed by atoms with Crippen molar-refractivity contribution < 1.29 is 14.3 Å². The Labute approximate surface area is 158 Å². The van der Waals surface area contributed by atoms with Gasteiger partial charge in [-0.05, 0) is 69.3 Å². The second-order valence-corrected chi connectivity index (χ2v) is 8.43. The number of nitrogens with zero attached hydrogens (tertiary/aromatic N) is 1. The van der Waals surface area contributed by atoms with E-state index in [1.807, 2.05) is 25.7 Å².